The highest BCUT2D eigenvalue weighted by molar-refractivity contribution is 5.78. The maximum atomic E-state index is 12.3. The van der Waals surface area contributed by atoms with Crippen molar-refractivity contribution in [1.29, 1.82) is 0 Å². The monoisotopic (exact) mass is 309 g/mol. The Morgan fingerprint density at radius 1 is 1.23 bits per heavy atom. The van der Waals surface area contributed by atoms with Crippen molar-refractivity contribution in [3.8, 4) is 0 Å². The maximum absolute atomic E-state index is 12.3. The SMILES string of the molecule is C[C@H](O)CN1CCN(CC(=O)NC(C2CC2)C2CC2)C[C@H]1C. The number of β-amino-alcohol motifs (C(OH)–C–C–N with tert-alkyl or cyclic N) is 1. The predicted molar refractivity (Wildman–Crippen MR) is 86.5 cm³/mol. The molecule has 126 valence electrons. The van der Waals surface area contributed by atoms with Crippen LogP contribution >= 0.6 is 0 Å². The fourth-order valence-electron chi connectivity index (χ4n) is 3.79. The number of nitrogens with zero attached hydrogens (tertiary/aromatic N) is 2. The van der Waals surface area contributed by atoms with E-state index < -0.39 is 0 Å². The minimum Gasteiger partial charge on any atom is -0.392 e. The molecule has 2 saturated carbocycles. The molecule has 3 rings (SSSR count). The topological polar surface area (TPSA) is 55.8 Å². The van der Waals surface area contributed by atoms with E-state index in [9.17, 15) is 9.90 Å². The summed E-state index contributed by atoms with van der Waals surface area (Å²) in [5, 5.41) is 12.8. The average molecular weight is 309 g/mol. The highest BCUT2D eigenvalue weighted by Gasteiger charge is 2.42. The van der Waals surface area contributed by atoms with Crippen molar-refractivity contribution in [3.63, 3.8) is 0 Å². The van der Waals surface area contributed by atoms with Gasteiger partial charge in [0.05, 0.1) is 12.6 Å². The first-order valence-electron chi connectivity index (χ1n) is 8.96. The minimum absolute atomic E-state index is 0.208. The first-order valence-corrected chi connectivity index (χ1v) is 8.96. The molecule has 0 spiro atoms. The molecule has 2 atom stereocenters. The van der Waals surface area contributed by atoms with Crippen LogP contribution in [-0.2, 0) is 4.79 Å². The van der Waals surface area contributed by atoms with Crippen LogP contribution in [0.25, 0.3) is 0 Å². The minimum atomic E-state index is -0.282. The zero-order valence-corrected chi connectivity index (χ0v) is 14.0. The molecule has 1 aliphatic heterocycles. The third-order valence-corrected chi connectivity index (χ3v) is 5.30. The molecule has 2 aliphatic carbocycles. The van der Waals surface area contributed by atoms with Crippen LogP contribution < -0.4 is 5.32 Å². The molecule has 5 nitrogen and oxygen atoms in total. The number of amides is 1. The Kier molecular flexibility index (Phi) is 5.05. The van der Waals surface area contributed by atoms with E-state index in [2.05, 4.69) is 22.0 Å². The van der Waals surface area contributed by atoms with E-state index in [1.807, 2.05) is 6.92 Å². The number of rotatable bonds is 7. The van der Waals surface area contributed by atoms with Gasteiger partial charge in [0.2, 0.25) is 5.91 Å². The van der Waals surface area contributed by atoms with Crippen LogP contribution in [0.5, 0.6) is 0 Å². The predicted octanol–water partition coefficient (Wildman–Crippen LogP) is 0.678. The number of hydrogen-bond acceptors (Lipinski definition) is 4. The molecule has 3 aliphatic rings. The lowest BCUT2D eigenvalue weighted by Crippen LogP contribution is -2.55. The van der Waals surface area contributed by atoms with Crippen LogP contribution in [0.3, 0.4) is 0 Å². The second-order valence-electron chi connectivity index (χ2n) is 7.70. The van der Waals surface area contributed by atoms with E-state index in [4.69, 9.17) is 0 Å². The van der Waals surface area contributed by atoms with E-state index in [-0.39, 0.29) is 12.0 Å². The van der Waals surface area contributed by atoms with Crippen molar-refractivity contribution in [2.24, 2.45) is 11.8 Å². The Hall–Kier alpha value is -0.650. The summed E-state index contributed by atoms with van der Waals surface area (Å²) in [5.74, 6) is 1.73. The quantitative estimate of drug-likeness (QED) is 0.726. The molecular weight excluding hydrogens is 278 g/mol. The third-order valence-electron chi connectivity index (χ3n) is 5.30. The van der Waals surface area contributed by atoms with Gasteiger partial charge in [-0.05, 0) is 51.4 Å². The number of piperazine rings is 1. The fourth-order valence-corrected chi connectivity index (χ4v) is 3.79. The first-order chi connectivity index (χ1) is 10.5. The van der Waals surface area contributed by atoms with Crippen molar-refractivity contribution in [3.05, 3.63) is 0 Å². The van der Waals surface area contributed by atoms with Gasteiger partial charge in [-0.1, -0.05) is 0 Å². The molecule has 0 aromatic carbocycles. The Morgan fingerprint density at radius 3 is 2.36 bits per heavy atom. The largest absolute Gasteiger partial charge is 0.392 e. The van der Waals surface area contributed by atoms with Gasteiger partial charge < -0.3 is 10.4 Å². The lowest BCUT2D eigenvalue weighted by Gasteiger charge is -2.40. The highest BCUT2D eigenvalue weighted by atomic mass is 16.3. The highest BCUT2D eigenvalue weighted by Crippen LogP contribution is 2.44. The number of aliphatic hydroxyl groups is 1. The van der Waals surface area contributed by atoms with Gasteiger partial charge in [-0.3, -0.25) is 14.6 Å². The third kappa shape index (κ3) is 4.43. The van der Waals surface area contributed by atoms with Gasteiger partial charge in [-0.25, -0.2) is 0 Å². The molecular formula is C17H31N3O2. The standard InChI is InChI=1S/C17H31N3O2/c1-12-9-19(7-8-20(12)10-13(2)21)11-16(22)18-17(14-3-4-14)15-5-6-15/h12-15,17,21H,3-11H2,1-2H3,(H,18,22)/t12-,13+/m1/s1. The number of hydrogen-bond donors (Lipinski definition) is 2. The van der Waals surface area contributed by atoms with Crippen molar-refractivity contribution < 1.29 is 9.90 Å². The van der Waals surface area contributed by atoms with Gasteiger partial charge in [0.25, 0.3) is 0 Å². The Morgan fingerprint density at radius 2 is 1.86 bits per heavy atom. The average Bonchev–Trinajstić information content (AvgIpc) is 3.32. The summed E-state index contributed by atoms with van der Waals surface area (Å²) >= 11 is 0. The van der Waals surface area contributed by atoms with Crippen LogP contribution in [0.15, 0.2) is 0 Å². The molecule has 0 radical (unpaired) electrons. The van der Waals surface area contributed by atoms with E-state index in [0.29, 0.717) is 18.6 Å². The zero-order chi connectivity index (χ0) is 15.7. The number of aliphatic hydroxyl groups excluding tert-OH is 1. The fraction of sp³-hybridized carbons (Fsp3) is 0.941. The number of carbonyl (C=O) groups is 1. The molecule has 0 unspecified atom stereocenters. The van der Waals surface area contributed by atoms with Crippen molar-refractivity contribution in [2.45, 2.75) is 57.7 Å². The molecule has 1 saturated heterocycles. The Balaban J connectivity index is 1.42. The normalized spacial score (nSPS) is 28.8. The smallest absolute Gasteiger partial charge is 0.234 e. The van der Waals surface area contributed by atoms with Crippen LogP contribution in [0.1, 0.15) is 39.5 Å². The van der Waals surface area contributed by atoms with Gasteiger partial charge in [-0.2, -0.15) is 0 Å². The number of nitrogens with one attached hydrogen (secondary N) is 1. The van der Waals surface area contributed by atoms with Crippen LogP contribution in [0, 0.1) is 11.8 Å². The summed E-state index contributed by atoms with van der Waals surface area (Å²) in [5.41, 5.74) is 0. The summed E-state index contributed by atoms with van der Waals surface area (Å²) in [6, 6.07) is 0.861. The Bertz CT molecular complexity index is 381. The lowest BCUT2D eigenvalue weighted by molar-refractivity contribution is -0.124. The van der Waals surface area contributed by atoms with Crippen LogP contribution in [-0.4, -0.2) is 71.7 Å². The van der Waals surface area contributed by atoms with Gasteiger partial charge >= 0.3 is 0 Å². The van der Waals surface area contributed by atoms with E-state index in [1.54, 1.807) is 0 Å². The Labute approximate surface area is 134 Å². The molecule has 3 fully saturated rings. The lowest BCUT2D eigenvalue weighted by atomic mass is 10.1. The summed E-state index contributed by atoms with van der Waals surface area (Å²) < 4.78 is 0. The molecule has 1 heterocycles. The molecule has 0 aromatic heterocycles. The van der Waals surface area contributed by atoms with Crippen molar-refractivity contribution >= 4 is 5.91 Å². The van der Waals surface area contributed by atoms with Crippen molar-refractivity contribution in [2.75, 3.05) is 32.7 Å². The van der Waals surface area contributed by atoms with Gasteiger partial charge in [-0.15, -0.1) is 0 Å². The maximum Gasteiger partial charge on any atom is 0.234 e. The van der Waals surface area contributed by atoms with E-state index in [1.165, 1.54) is 25.7 Å². The van der Waals surface area contributed by atoms with Gasteiger partial charge in [0.15, 0.2) is 0 Å². The number of carbonyl (C=O) groups excluding carboxylic acids is 1. The summed E-state index contributed by atoms with van der Waals surface area (Å²) in [4.78, 5) is 16.9. The molecule has 22 heavy (non-hydrogen) atoms. The summed E-state index contributed by atoms with van der Waals surface area (Å²) in [7, 11) is 0. The zero-order valence-electron chi connectivity index (χ0n) is 14.0. The molecule has 0 bridgehead atoms. The van der Waals surface area contributed by atoms with E-state index >= 15 is 0 Å². The van der Waals surface area contributed by atoms with Crippen LogP contribution in [0.2, 0.25) is 0 Å². The summed E-state index contributed by atoms with van der Waals surface area (Å²) in [6.45, 7) is 8.05. The second kappa shape index (κ2) is 6.85. The molecule has 5 heteroatoms. The first kappa shape index (κ1) is 16.2. The molecule has 1 amide bonds. The summed E-state index contributed by atoms with van der Waals surface area (Å²) in [6.07, 6.45) is 4.93. The second-order valence-corrected chi connectivity index (χ2v) is 7.70. The van der Waals surface area contributed by atoms with Gasteiger partial charge in [0, 0.05) is 38.3 Å². The van der Waals surface area contributed by atoms with Crippen molar-refractivity contribution in [1.82, 2.24) is 15.1 Å². The van der Waals surface area contributed by atoms with E-state index in [0.717, 1.165) is 38.0 Å². The van der Waals surface area contributed by atoms with Crippen LogP contribution in [0.4, 0.5) is 0 Å². The molecule has 2 N–H and O–H groups in total. The molecule has 0 aromatic rings. The van der Waals surface area contributed by atoms with Gasteiger partial charge in [0.1, 0.15) is 0 Å².